The lowest BCUT2D eigenvalue weighted by molar-refractivity contribution is -0.113. The van der Waals surface area contributed by atoms with E-state index in [1.807, 2.05) is 53.9 Å². The van der Waals surface area contributed by atoms with Gasteiger partial charge in [-0.05, 0) is 24.3 Å². The number of nitrogens with zero attached hydrogens (tertiary/aromatic N) is 1. The second kappa shape index (κ2) is 7.70. The number of nitrogen functional groups attached to an aromatic ring is 1. The lowest BCUT2D eigenvalue weighted by Gasteiger charge is -2.04. The zero-order valence-corrected chi connectivity index (χ0v) is 14.9. The molecule has 0 bridgehead atoms. The summed E-state index contributed by atoms with van der Waals surface area (Å²) in [7, 11) is 0. The summed E-state index contributed by atoms with van der Waals surface area (Å²) in [5.74, 6) is 0.171. The van der Waals surface area contributed by atoms with Gasteiger partial charge < -0.3 is 11.1 Å². The summed E-state index contributed by atoms with van der Waals surface area (Å²) in [6, 6.07) is 14.9. The summed E-state index contributed by atoms with van der Waals surface area (Å²) in [5.41, 5.74) is 8.31. The number of thiazole rings is 1. The fraction of sp³-hybridized carbons (Fsp3) is 0.0588. The molecule has 1 aromatic heterocycles. The number of aromatic nitrogens is 1. The number of thioether (sulfide) groups is 1. The van der Waals surface area contributed by atoms with Gasteiger partial charge in [0.15, 0.2) is 5.13 Å². The van der Waals surface area contributed by atoms with Gasteiger partial charge in [0, 0.05) is 26.5 Å². The zero-order chi connectivity index (χ0) is 16.9. The average molecular weight is 376 g/mol. The van der Waals surface area contributed by atoms with Gasteiger partial charge in [-0.15, -0.1) is 23.1 Å². The van der Waals surface area contributed by atoms with E-state index >= 15 is 0 Å². The predicted molar refractivity (Wildman–Crippen MR) is 103 cm³/mol. The van der Waals surface area contributed by atoms with Crippen molar-refractivity contribution in [2.24, 2.45) is 0 Å². The third kappa shape index (κ3) is 4.29. The molecule has 0 saturated carbocycles. The topological polar surface area (TPSA) is 68.0 Å². The molecular weight excluding hydrogens is 362 g/mol. The molecule has 3 rings (SSSR count). The van der Waals surface area contributed by atoms with Crippen molar-refractivity contribution in [3.05, 3.63) is 58.9 Å². The van der Waals surface area contributed by atoms with Crippen LogP contribution < -0.4 is 11.1 Å². The van der Waals surface area contributed by atoms with E-state index in [4.69, 9.17) is 17.3 Å². The van der Waals surface area contributed by atoms with Crippen LogP contribution in [-0.2, 0) is 4.79 Å². The zero-order valence-electron chi connectivity index (χ0n) is 12.5. The molecule has 0 spiro atoms. The molecule has 0 saturated heterocycles. The van der Waals surface area contributed by atoms with Crippen LogP contribution in [0.15, 0.2) is 58.8 Å². The standard InChI is InChI=1S/C17H14ClN3OS2/c18-12-7-5-11(6-8-12)14-9-24-17(20-14)21-16(22)10-23-15-4-2-1-3-13(15)19/h1-9H,10,19H2,(H,20,21,22). The Labute approximate surface area is 153 Å². The van der Waals surface area contributed by atoms with Crippen LogP contribution in [0.5, 0.6) is 0 Å². The summed E-state index contributed by atoms with van der Waals surface area (Å²) < 4.78 is 0. The van der Waals surface area contributed by atoms with Gasteiger partial charge >= 0.3 is 0 Å². The third-order valence-electron chi connectivity index (χ3n) is 3.17. The number of halogens is 1. The molecule has 0 atom stereocenters. The van der Waals surface area contributed by atoms with Crippen LogP contribution in [0.3, 0.4) is 0 Å². The molecule has 1 amide bonds. The van der Waals surface area contributed by atoms with Crippen LogP contribution in [0, 0.1) is 0 Å². The maximum Gasteiger partial charge on any atom is 0.236 e. The van der Waals surface area contributed by atoms with E-state index < -0.39 is 0 Å². The van der Waals surface area contributed by atoms with E-state index in [9.17, 15) is 4.79 Å². The molecule has 24 heavy (non-hydrogen) atoms. The molecule has 0 unspecified atom stereocenters. The Morgan fingerprint density at radius 2 is 1.96 bits per heavy atom. The van der Waals surface area contributed by atoms with E-state index in [1.54, 1.807) is 0 Å². The Bertz CT molecular complexity index is 849. The number of rotatable bonds is 5. The van der Waals surface area contributed by atoms with Gasteiger partial charge in [-0.3, -0.25) is 4.79 Å². The quantitative estimate of drug-likeness (QED) is 0.497. The third-order valence-corrected chi connectivity index (χ3v) is 5.27. The number of amides is 1. The first-order chi connectivity index (χ1) is 11.6. The minimum absolute atomic E-state index is 0.111. The highest BCUT2D eigenvalue weighted by Crippen LogP contribution is 2.27. The maximum atomic E-state index is 12.1. The first-order valence-corrected chi connectivity index (χ1v) is 9.35. The fourth-order valence-electron chi connectivity index (χ4n) is 2.00. The number of carbonyl (C=O) groups excluding carboxylic acids is 1. The van der Waals surface area contributed by atoms with Crippen molar-refractivity contribution in [1.82, 2.24) is 4.98 Å². The smallest absolute Gasteiger partial charge is 0.236 e. The predicted octanol–water partition coefficient (Wildman–Crippen LogP) is 4.78. The van der Waals surface area contributed by atoms with Gasteiger partial charge in [0.05, 0.1) is 11.4 Å². The maximum absolute atomic E-state index is 12.1. The normalized spacial score (nSPS) is 10.5. The molecule has 2 aromatic carbocycles. The summed E-state index contributed by atoms with van der Waals surface area (Å²) in [6.45, 7) is 0. The average Bonchev–Trinajstić information content (AvgIpc) is 3.03. The summed E-state index contributed by atoms with van der Waals surface area (Å²) in [6.07, 6.45) is 0. The Morgan fingerprint density at radius 3 is 2.71 bits per heavy atom. The van der Waals surface area contributed by atoms with Crippen LogP contribution in [-0.4, -0.2) is 16.6 Å². The Kier molecular flexibility index (Phi) is 5.40. The SMILES string of the molecule is Nc1ccccc1SCC(=O)Nc1nc(-c2ccc(Cl)cc2)cs1. The molecule has 3 N–H and O–H groups in total. The number of nitrogens with two attached hydrogens (primary N) is 1. The van der Waals surface area contributed by atoms with Crippen LogP contribution in [0.1, 0.15) is 0 Å². The van der Waals surface area contributed by atoms with Crippen LogP contribution >= 0.6 is 34.7 Å². The van der Waals surface area contributed by atoms with Crippen molar-refractivity contribution in [2.75, 3.05) is 16.8 Å². The molecule has 3 aromatic rings. The lowest BCUT2D eigenvalue weighted by Crippen LogP contribution is -2.13. The first kappa shape index (κ1) is 16.8. The van der Waals surface area contributed by atoms with E-state index in [2.05, 4.69) is 10.3 Å². The number of anilines is 2. The first-order valence-electron chi connectivity index (χ1n) is 7.10. The van der Waals surface area contributed by atoms with Crippen molar-refractivity contribution in [1.29, 1.82) is 0 Å². The van der Waals surface area contributed by atoms with Gasteiger partial charge in [0.25, 0.3) is 0 Å². The summed E-state index contributed by atoms with van der Waals surface area (Å²) in [4.78, 5) is 17.4. The Morgan fingerprint density at radius 1 is 1.21 bits per heavy atom. The van der Waals surface area contributed by atoms with Crippen molar-refractivity contribution in [2.45, 2.75) is 4.90 Å². The molecule has 1 heterocycles. The summed E-state index contributed by atoms with van der Waals surface area (Å²) in [5, 5.41) is 5.97. The summed E-state index contributed by atoms with van der Waals surface area (Å²) >= 11 is 8.68. The Hall–Kier alpha value is -2.02. The molecule has 0 fully saturated rings. The largest absolute Gasteiger partial charge is 0.398 e. The monoisotopic (exact) mass is 375 g/mol. The van der Waals surface area contributed by atoms with Crippen molar-refractivity contribution in [3.63, 3.8) is 0 Å². The molecule has 4 nitrogen and oxygen atoms in total. The number of carbonyl (C=O) groups is 1. The molecule has 7 heteroatoms. The fourth-order valence-corrected chi connectivity index (χ4v) is 3.63. The Balaban J connectivity index is 1.59. The second-order valence-corrected chi connectivity index (χ2v) is 7.23. The second-order valence-electron chi connectivity index (χ2n) is 4.92. The number of hydrogen-bond donors (Lipinski definition) is 2. The van der Waals surface area contributed by atoms with Gasteiger partial charge in [0.1, 0.15) is 0 Å². The molecule has 122 valence electrons. The van der Waals surface area contributed by atoms with Crippen LogP contribution in [0.2, 0.25) is 5.02 Å². The van der Waals surface area contributed by atoms with E-state index in [-0.39, 0.29) is 11.7 Å². The highest BCUT2D eigenvalue weighted by Gasteiger charge is 2.09. The highest BCUT2D eigenvalue weighted by atomic mass is 35.5. The van der Waals surface area contributed by atoms with Gasteiger partial charge in [-0.25, -0.2) is 4.98 Å². The van der Waals surface area contributed by atoms with E-state index in [0.29, 0.717) is 15.8 Å². The van der Waals surface area contributed by atoms with Gasteiger partial charge in [0.2, 0.25) is 5.91 Å². The number of para-hydroxylation sites is 1. The lowest BCUT2D eigenvalue weighted by atomic mass is 10.2. The minimum atomic E-state index is -0.111. The van der Waals surface area contributed by atoms with E-state index in [0.717, 1.165) is 16.2 Å². The molecule has 0 aliphatic heterocycles. The van der Waals surface area contributed by atoms with Crippen molar-refractivity contribution in [3.8, 4) is 11.3 Å². The highest BCUT2D eigenvalue weighted by molar-refractivity contribution is 8.00. The van der Waals surface area contributed by atoms with Gasteiger partial charge in [-0.1, -0.05) is 35.9 Å². The van der Waals surface area contributed by atoms with Crippen molar-refractivity contribution >= 4 is 51.4 Å². The van der Waals surface area contributed by atoms with Gasteiger partial charge in [-0.2, -0.15) is 0 Å². The molecule has 0 aliphatic carbocycles. The molecular formula is C17H14ClN3OS2. The van der Waals surface area contributed by atoms with Crippen LogP contribution in [0.25, 0.3) is 11.3 Å². The van der Waals surface area contributed by atoms with Crippen molar-refractivity contribution < 1.29 is 4.79 Å². The van der Waals surface area contributed by atoms with Crippen LogP contribution in [0.4, 0.5) is 10.8 Å². The number of benzene rings is 2. The molecule has 0 radical (unpaired) electrons. The minimum Gasteiger partial charge on any atom is -0.398 e. The number of nitrogens with one attached hydrogen (secondary N) is 1. The molecule has 0 aliphatic rings. The number of hydrogen-bond acceptors (Lipinski definition) is 5. The van der Waals surface area contributed by atoms with E-state index in [1.165, 1.54) is 23.1 Å².